The van der Waals surface area contributed by atoms with E-state index in [-0.39, 0.29) is 23.5 Å². The van der Waals surface area contributed by atoms with Crippen molar-refractivity contribution in [3.8, 4) is 11.5 Å². The minimum Gasteiger partial charge on any atom is -0.504 e. The van der Waals surface area contributed by atoms with Crippen LogP contribution in [0.5, 0.6) is 11.5 Å². The molecule has 0 radical (unpaired) electrons. The van der Waals surface area contributed by atoms with Gasteiger partial charge in [0.1, 0.15) is 5.82 Å². The van der Waals surface area contributed by atoms with Crippen molar-refractivity contribution in [3.05, 3.63) is 59.6 Å². The number of phenolic OH excluding ortho intramolecular Hbond substituents is 1. The van der Waals surface area contributed by atoms with Gasteiger partial charge in [-0.25, -0.2) is 0 Å². The Labute approximate surface area is 193 Å². The summed E-state index contributed by atoms with van der Waals surface area (Å²) in [6.07, 6.45) is 3.01. The number of rotatable bonds is 8. The second-order valence-electron chi connectivity index (χ2n) is 8.79. The van der Waals surface area contributed by atoms with E-state index in [0.29, 0.717) is 11.7 Å². The highest BCUT2D eigenvalue weighted by molar-refractivity contribution is 5.91. The number of aromatic hydroxyl groups is 1. The number of aromatic nitrogens is 3. The van der Waals surface area contributed by atoms with E-state index in [4.69, 9.17) is 9.15 Å². The number of fused-ring (bicyclic) bond motifs is 1. The van der Waals surface area contributed by atoms with Crippen LogP contribution in [0.3, 0.4) is 0 Å². The number of amides is 1. The summed E-state index contributed by atoms with van der Waals surface area (Å²) in [6.45, 7) is 7.39. The van der Waals surface area contributed by atoms with Crippen LogP contribution < -0.4 is 10.1 Å². The number of hydrogen-bond donors (Lipinski definition) is 2. The van der Waals surface area contributed by atoms with E-state index in [1.807, 2.05) is 12.1 Å². The second kappa shape index (κ2) is 10.1. The lowest BCUT2D eigenvalue weighted by molar-refractivity contribution is 0.0900. The lowest BCUT2D eigenvalue weighted by atomic mass is 10.0. The molecular weight excluding hydrogens is 422 g/mol. The third kappa shape index (κ3) is 5.36. The van der Waals surface area contributed by atoms with Gasteiger partial charge in [-0.15, -0.1) is 10.2 Å². The first-order chi connectivity index (χ1) is 15.9. The summed E-state index contributed by atoms with van der Waals surface area (Å²) in [5.74, 6) is 2.73. The summed E-state index contributed by atoms with van der Waals surface area (Å²) in [6, 6.07) is 8.55. The number of benzene rings is 1. The van der Waals surface area contributed by atoms with Crippen LogP contribution in [0.1, 0.15) is 54.1 Å². The molecule has 0 aliphatic carbocycles. The number of hydrogen-bond acceptors (Lipinski definition) is 7. The summed E-state index contributed by atoms with van der Waals surface area (Å²) in [5.41, 5.74) is 1.07. The third-order valence-electron chi connectivity index (χ3n) is 5.87. The van der Waals surface area contributed by atoms with Crippen molar-refractivity contribution in [1.29, 1.82) is 0 Å². The second-order valence-corrected chi connectivity index (χ2v) is 8.79. The Morgan fingerprint density at radius 2 is 2.09 bits per heavy atom. The lowest BCUT2D eigenvalue weighted by Crippen LogP contribution is -2.32. The van der Waals surface area contributed by atoms with Crippen molar-refractivity contribution >= 4 is 5.91 Å². The third-order valence-corrected chi connectivity index (χ3v) is 5.87. The van der Waals surface area contributed by atoms with Gasteiger partial charge < -0.3 is 24.1 Å². The van der Waals surface area contributed by atoms with E-state index in [2.05, 4.69) is 38.8 Å². The molecule has 4 rings (SSSR count). The number of methoxy groups -OCH3 is 1. The van der Waals surface area contributed by atoms with Gasteiger partial charge in [0, 0.05) is 32.6 Å². The van der Waals surface area contributed by atoms with E-state index in [9.17, 15) is 9.90 Å². The number of phenols is 1. The molecular formula is C24H31N5O4. The molecule has 1 aromatic carbocycles. The lowest BCUT2D eigenvalue weighted by Gasteiger charge is -2.22. The minimum atomic E-state index is -0.253. The van der Waals surface area contributed by atoms with E-state index >= 15 is 0 Å². The number of ether oxygens (including phenoxy) is 1. The molecule has 1 aliphatic rings. The molecule has 1 aliphatic heterocycles. The standard InChI is InChI=1S/C24H31N5O4/c1-16(2)13-18(25-24(31)20-5-4-12-33-20)23-27-26-22-8-9-28(10-11-29(22)23)15-17-6-7-19(30)21(14-17)32-3/h4-7,12,14,16,18,30H,8-11,13,15H2,1-3H3,(H,25,31). The fourth-order valence-corrected chi connectivity index (χ4v) is 4.22. The molecule has 1 unspecified atom stereocenters. The molecule has 1 amide bonds. The Hall–Kier alpha value is -3.33. The van der Waals surface area contributed by atoms with Gasteiger partial charge in [-0.3, -0.25) is 9.69 Å². The van der Waals surface area contributed by atoms with Crippen LogP contribution in [-0.2, 0) is 19.5 Å². The highest BCUT2D eigenvalue weighted by Gasteiger charge is 2.27. The smallest absolute Gasteiger partial charge is 0.287 e. The van der Waals surface area contributed by atoms with Gasteiger partial charge >= 0.3 is 0 Å². The molecule has 176 valence electrons. The average molecular weight is 454 g/mol. The van der Waals surface area contributed by atoms with E-state index < -0.39 is 0 Å². The minimum absolute atomic E-state index is 0.140. The summed E-state index contributed by atoms with van der Waals surface area (Å²) >= 11 is 0. The Morgan fingerprint density at radius 3 is 2.82 bits per heavy atom. The number of nitrogens with one attached hydrogen (secondary N) is 1. The first-order valence-corrected chi connectivity index (χ1v) is 11.3. The van der Waals surface area contributed by atoms with E-state index in [1.165, 1.54) is 6.26 Å². The van der Waals surface area contributed by atoms with Crippen LogP contribution in [0, 0.1) is 5.92 Å². The SMILES string of the molecule is COc1cc(CN2CCc3nnc(C(CC(C)C)NC(=O)c4ccco4)n3CC2)ccc1O. The van der Waals surface area contributed by atoms with Crippen LogP contribution in [0.15, 0.2) is 41.0 Å². The van der Waals surface area contributed by atoms with E-state index in [1.54, 1.807) is 25.3 Å². The molecule has 0 fully saturated rings. The molecule has 33 heavy (non-hydrogen) atoms. The Bertz CT molecular complexity index is 1080. The summed E-state index contributed by atoms with van der Waals surface area (Å²) in [5, 5.41) is 21.9. The van der Waals surface area contributed by atoms with Gasteiger partial charge in [0.2, 0.25) is 0 Å². The molecule has 2 N–H and O–H groups in total. The molecule has 1 atom stereocenters. The summed E-state index contributed by atoms with van der Waals surface area (Å²) < 4.78 is 12.6. The number of carbonyl (C=O) groups is 1. The monoisotopic (exact) mass is 453 g/mol. The number of nitrogens with zero attached hydrogens (tertiary/aromatic N) is 4. The molecule has 0 bridgehead atoms. The molecule has 9 nitrogen and oxygen atoms in total. The van der Waals surface area contributed by atoms with Gasteiger partial charge in [-0.1, -0.05) is 19.9 Å². The molecule has 0 saturated carbocycles. The number of carbonyl (C=O) groups excluding carboxylic acids is 1. The molecule has 2 aromatic heterocycles. The van der Waals surface area contributed by atoms with Crippen LogP contribution in [0.4, 0.5) is 0 Å². The van der Waals surface area contributed by atoms with Crippen molar-refractivity contribution < 1.29 is 19.1 Å². The largest absolute Gasteiger partial charge is 0.504 e. The van der Waals surface area contributed by atoms with Gasteiger partial charge in [0.05, 0.1) is 19.4 Å². The highest BCUT2D eigenvalue weighted by Crippen LogP contribution is 2.27. The number of furan rings is 1. The topological polar surface area (TPSA) is 106 Å². The maximum Gasteiger partial charge on any atom is 0.287 e. The maximum atomic E-state index is 12.7. The first kappa shape index (κ1) is 22.8. The van der Waals surface area contributed by atoms with Crippen molar-refractivity contribution in [1.82, 2.24) is 25.0 Å². The summed E-state index contributed by atoms with van der Waals surface area (Å²) in [7, 11) is 1.55. The zero-order chi connectivity index (χ0) is 23.4. The Balaban J connectivity index is 1.48. The fraction of sp³-hybridized carbons (Fsp3) is 0.458. The zero-order valence-electron chi connectivity index (χ0n) is 19.3. The van der Waals surface area contributed by atoms with Crippen molar-refractivity contribution in [2.45, 2.75) is 45.8 Å². The maximum absolute atomic E-state index is 12.7. The van der Waals surface area contributed by atoms with E-state index in [0.717, 1.165) is 56.2 Å². The quantitative estimate of drug-likeness (QED) is 0.540. The van der Waals surface area contributed by atoms with Crippen LogP contribution >= 0.6 is 0 Å². The van der Waals surface area contributed by atoms with Crippen LogP contribution in [0.2, 0.25) is 0 Å². The molecule has 3 aromatic rings. The predicted molar refractivity (Wildman–Crippen MR) is 122 cm³/mol. The summed E-state index contributed by atoms with van der Waals surface area (Å²) in [4.78, 5) is 15.0. The molecule has 0 saturated heterocycles. The van der Waals surface area contributed by atoms with Gasteiger partial charge in [0.15, 0.2) is 23.1 Å². The van der Waals surface area contributed by atoms with Gasteiger partial charge in [-0.2, -0.15) is 0 Å². The van der Waals surface area contributed by atoms with Gasteiger partial charge in [0.25, 0.3) is 5.91 Å². The average Bonchev–Trinajstić information content (AvgIpc) is 3.42. The zero-order valence-corrected chi connectivity index (χ0v) is 19.3. The molecule has 3 heterocycles. The Morgan fingerprint density at radius 1 is 1.24 bits per heavy atom. The van der Waals surface area contributed by atoms with Crippen LogP contribution in [-0.4, -0.2) is 50.9 Å². The molecule has 9 heteroatoms. The van der Waals surface area contributed by atoms with Crippen molar-refractivity contribution in [2.75, 3.05) is 20.2 Å². The highest BCUT2D eigenvalue weighted by atomic mass is 16.5. The Kier molecular flexibility index (Phi) is 6.98. The van der Waals surface area contributed by atoms with Crippen LogP contribution in [0.25, 0.3) is 0 Å². The van der Waals surface area contributed by atoms with Crippen molar-refractivity contribution in [2.24, 2.45) is 5.92 Å². The molecule has 0 spiro atoms. The fourth-order valence-electron chi connectivity index (χ4n) is 4.22. The normalized spacial score (nSPS) is 15.2. The predicted octanol–water partition coefficient (Wildman–Crippen LogP) is 3.16. The van der Waals surface area contributed by atoms with Crippen molar-refractivity contribution in [3.63, 3.8) is 0 Å². The first-order valence-electron chi connectivity index (χ1n) is 11.3. The van der Waals surface area contributed by atoms with Gasteiger partial charge in [-0.05, 0) is 42.2 Å².